The highest BCUT2D eigenvalue weighted by molar-refractivity contribution is 7.21. The molecule has 3 amide bonds. The molecule has 9 nitrogen and oxygen atoms in total. The molecule has 2 aliphatic heterocycles. The Balaban J connectivity index is 1.30. The van der Waals surface area contributed by atoms with Gasteiger partial charge in [0.05, 0.1) is 28.6 Å². The van der Waals surface area contributed by atoms with Gasteiger partial charge in [0.1, 0.15) is 15.5 Å². The van der Waals surface area contributed by atoms with Crippen molar-refractivity contribution in [2.45, 2.75) is 45.8 Å². The van der Waals surface area contributed by atoms with Crippen LogP contribution in [-0.4, -0.2) is 54.1 Å². The van der Waals surface area contributed by atoms with Crippen molar-refractivity contribution in [3.05, 3.63) is 65.2 Å². The summed E-state index contributed by atoms with van der Waals surface area (Å²) in [7, 11) is 2.06. The molecule has 2 aliphatic rings. The van der Waals surface area contributed by atoms with Crippen LogP contribution in [0.2, 0.25) is 0 Å². The fourth-order valence-corrected chi connectivity index (χ4v) is 6.50. The molecule has 41 heavy (non-hydrogen) atoms. The number of hydrogen-bond acceptors (Lipinski definition) is 7. The number of benzene rings is 2. The summed E-state index contributed by atoms with van der Waals surface area (Å²) < 4.78 is 12.1. The Labute approximate surface area is 243 Å². The average Bonchev–Trinajstić information content (AvgIpc) is 3.30. The Kier molecular flexibility index (Phi) is 7.27. The van der Waals surface area contributed by atoms with Crippen LogP contribution in [0.3, 0.4) is 0 Å². The van der Waals surface area contributed by atoms with Crippen molar-refractivity contribution in [2.75, 3.05) is 30.4 Å². The van der Waals surface area contributed by atoms with Crippen LogP contribution in [0.1, 0.15) is 41.9 Å². The highest BCUT2D eigenvalue weighted by Crippen LogP contribution is 2.46. The maximum atomic E-state index is 13.6. The molecule has 1 saturated heterocycles. The fourth-order valence-electron chi connectivity index (χ4n) is 5.47. The molecule has 1 unspecified atom stereocenters. The van der Waals surface area contributed by atoms with Crippen LogP contribution in [0.4, 0.5) is 21.9 Å². The van der Waals surface area contributed by atoms with Crippen LogP contribution >= 0.6 is 11.3 Å². The van der Waals surface area contributed by atoms with Gasteiger partial charge in [-0.05, 0) is 89.2 Å². The van der Waals surface area contributed by atoms with Gasteiger partial charge in [0, 0.05) is 18.8 Å². The van der Waals surface area contributed by atoms with E-state index in [1.54, 1.807) is 11.1 Å². The van der Waals surface area contributed by atoms with E-state index in [9.17, 15) is 9.59 Å². The van der Waals surface area contributed by atoms with Gasteiger partial charge in [-0.3, -0.25) is 9.69 Å². The van der Waals surface area contributed by atoms with Crippen LogP contribution in [-0.2, 0) is 0 Å². The SMILES string of the molecule is Cc1cc(Oc2ccccc2OC(C)C)ccc1N1C(=O)Nc2c(C(=O)NC3CCCN(C)C3)sc3nccc1c23. The summed E-state index contributed by atoms with van der Waals surface area (Å²) in [6, 6.07) is 14.7. The number of piperidine rings is 1. The van der Waals surface area contributed by atoms with E-state index in [1.165, 1.54) is 11.3 Å². The number of aryl methyl sites for hydroxylation is 1. The molecule has 6 rings (SSSR count). The maximum Gasteiger partial charge on any atom is 0.331 e. The predicted octanol–water partition coefficient (Wildman–Crippen LogP) is 6.69. The summed E-state index contributed by atoms with van der Waals surface area (Å²) in [4.78, 5) is 36.5. The van der Waals surface area contributed by atoms with Crippen LogP contribution in [0.15, 0.2) is 54.7 Å². The van der Waals surface area contributed by atoms with Gasteiger partial charge in [-0.25, -0.2) is 9.78 Å². The van der Waals surface area contributed by atoms with Gasteiger partial charge in [-0.15, -0.1) is 11.3 Å². The van der Waals surface area contributed by atoms with Gasteiger partial charge in [0.15, 0.2) is 11.5 Å². The molecular formula is C31H33N5O4S. The van der Waals surface area contributed by atoms with Crippen LogP contribution < -0.4 is 25.0 Å². The van der Waals surface area contributed by atoms with Gasteiger partial charge < -0.3 is 25.0 Å². The number of nitrogens with zero attached hydrogens (tertiary/aromatic N) is 3. The van der Waals surface area contributed by atoms with Crippen molar-refractivity contribution < 1.29 is 19.1 Å². The first-order valence-corrected chi connectivity index (χ1v) is 14.7. The molecule has 4 aromatic rings. The first-order chi connectivity index (χ1) is 19.8. The fraction of sp³-hybridized carbons (Fsp3) is 0.323. The first kappa shape index (κ1) is 27.0. The summed E-state index contributed by atoms with van der Waals surface area (Å²) in [5.41, 5.74) is 2.77. The van der Waals surface area contributed by atoms with E-state index < -0.39 is 0 Å². The lowest BCUT2D eigenvalue weighted by molar-refractivity contribution is 0.0917. The van der Waals surface area contributed by atoms with Crippen LogP contribution in [0.25, 0.3) is 10.2 Å². The Bertz CT molecular complexity index is 1630. The van der Waals surface area contributed by atoms with Crippen LogP contribution in [0.5, 0.6) is 17.2 Å². The number of carbonyl (C=O) groups excluding carboxylic acids is 2. The summed E-state index contributed by atoms with van der Waals surface area (Å²) in [5.74, 6) is 1.74. The number of amides is 3. The molecule has 0 saturated carbocycles. The van der Waals surface area contributed by atoms with Crippen molar-refractivity contribution in [1.29, 1.82) is 0 Å². The van der Waals surface area contributed by atoms with E-state index in [1.807, 2.05) is 69.3 Å². The number of hydrogen-bond donors (Lipinski definition) is 2. The Hall–Kier alpha value is -4.15. The Morgan fingerprint density at radius 2 is 1.95 bits per heavy atom. The zero-order chi connectivity index (χ0) is 28.7. The number of anilines is 3. The van der Waals surface area contributed by atoms with E-state index in [4.69, 9.17) is 9.47 Å². The van der Waals surface area contributed by atoms with Crippen molar-refractivity contribution in [2.24, 2.45) is 0 Å². The number of likely N-dealkylation sites (N-methyl/N-ethyl adjacent to an activating group) is 1. The van der Waals surface area contributed by atoms with E-state index in [2.05, 4.69) is 27.6 Å². The monoisotopic (exact) mass is 571 g/mol. The van der Waals surface area contributed by atoms with E-state index in [0.29, 0.717) is 44.0 Å². The van der Waals surface area contributed by atoms with Crippen LogP contribution in [0, 0.1) is 6.92 Å². The standard InChI is InChI=1S/C31H33N5O4S/c1-18(2)39-24-9-5-6-10-25(24)40-21-11-12-22(19(3)16-21)36-23-13-14-32-30-26(23)27(34-31(36)38)28(41-30)29(37)33-20-8-7-15-35(4)17-20/h5-6,9-14,16,18,20H,7-8,15,17H2,1-4H3,(H,33,37)(H,34,38). The highest BCUT2D eigenvalue weighted by atomic mass is 32.1. The summed E-state index contributed by atoms with van der Waals surface area (Å²) >= 11 is 1.30. The minimum absolute atomic E-state index is 0.0150. The van der Waals surface area contributed by atoms with Crippen molar-refractivity contribution >= 4 is 50.6 Å². The number of rotatable bonds is 7. The lowest BCUT2D eigenvalue weighted by Crippen LogP contribution is -2.46. The largest absolute Gasteiger partial charge is 0.487 e. The van der Waals surface area contributed by atoms with Gasteiger partial charge in [0.25, 0.3) is 5.91 Å². The zero-order valence-electron chi connectivity index (χ0n) is 23.6. The number of carbonyl (C=O) groups is 2. The lowest BCUT2D eigenvalue weighted by atomic mass is 10.1. The number of para-hydroxylation sites is 2. The first-order valence-electron chi connectivity index (χ1n) is 13.8. The normalized spacial score (nSPS) is 17.0. The van der Waals surface area contributed by atoms with E-state index in [-0.39, 0.29) is 24.1 Å². The second-order valence-corrected chi connectivity index (χ2v) is 11.8. The van der Waals surface area contributed by atoms with Gasteiger partial charge in [0.2, 0.25) is 0 Å². The molecule has 2 N–H and O–H groups in total. The second-order valence-electron chi connectivity index (χ2n) is 10.8. The number of likely N-dealkylation sites (tertiary alicyclic amines) is 1. The molecule has 1 atom stereocenters. The van der Waals surface area contributed by atoms with E-state index in [0.717, 1.165) is 36.9 Å². The molecule has 0 aliphatic carbocycles. The predicted molar refractivity (Wildman–Crippen MR) is 162 cm³/mol. The summed E-state index contributed by atoms with van der Waals surface area (Å²) in [6.07, 6.45) is 3.68. The van der Waals surface area contributed by atoms with Gasteiger partial charge in [-0.1, -0.05) is 12.1 Å². The zero-order valence-corrected chi connectivity index (χ0v) is 24.4. The van der Waals surface area contributed by atoms with E-state index >= 15 is 0 Å². The molecule has 0 bridgehead atoms. The molecule has 212 valence electrons. The molecule has 10 heteroatoms. The number of urea groups is 1. The quantitative estimate of drug-likeness (QED) is 0.257. The molecule has 2 aromatic carbocycles. The number of ether oxygens (including phenoxy) is 2. The molecule has 2 aromatic heterocycles. The second kappa shape index (κ2) is 11.0. The molecular weight excluding hydrogens is 538 g/mol. The minimum atomic E-state index is -0.331. The molecule has 0 spiro atoms. The number of nitrogens with one attached hydrogen (secondary N) is 2. The number of pyridine rings is 1. The average molecular weight is 572 g/mol. The Morgan fingerprint density at radius 3 is 2.71 bits per heavy atom. The topological polar surface area (TPSA) is 96.0 Å². The van der Waals surface area contributed by atoms with Crippen molar-refractivity contribution in [3.63, 3.8) is 0 Å². The highest BCUT2D eigenvalue weighted by Gasteiger charge is 2.34. The molecule has 4 heterocycles. The maximum absolute atomic E-state index is 13.6. The summed E-state index contributed by atoms with van der Waals surface area (Å²) in [6.45, 7) is 7.73. The lowest BCUT2D eigenvalue weighted by Gasteiger charge is -2.31. The third-order valence-electron chi connectivity index (χ3n) is 7.26. The Morgan fingerprint density at radius 1 is 1.15 bits per heavy atom. The molecule has 1 fully saturated rings. The molecule has 0 radical (unpaired) electrons. The number of aromatic nitrogens is 1. The third kappa shape index (κ3) is 5.32. The third-order valence-corrected chi connectivity index (χ3v) is 8.36. The van der Waals surface area contributed by atoms with Crippen molar-refractivity contribution in [3.8, 4) is 17.2 Å². The van der Waals surface area contributed by atoms with Gasteiger partial charge in [-0.2, -0.15) is 0 Å². The van der Waals surface area contributed by atoms with Crippen molar-refractivity contribution in [1.82, 2.24) is 15.2 Å². The smallest absolute Gasteiger partial charge is 0.331 e. The van der Waals surface area contributed by atoms with Gasteiger partial charge >= 0.3 is 6.03 Å². The minimum Gasteiger partial charge on any atom is -0.487 e. The number of thiophene rings is 1. The summed E-state index contributed by atoms with van der Waals surface area (Å²) in [5, 5.41) is 6.93.